The fourth-order valence-electron chi connectivity index (χ4n) is 1.64. The second kappa shape index (κ2) is 7.84. The number of amides is 1. The lowest BCUT2D eigenvalue weighted by atomic mass is 10.1. The van der Waals surface area contributed by atoms with Crippen LogP contribution in [0.1, 0.15) is 30.1 Å². The normalized spacial score (nSPS) is 12.2. The lowest BCUT2D eigenvalue weighted by Crippen LogP contribution is -2.40. The molecule has 110 valence electrons. The number of hydrogen-bond acceptors (Lipinski definition) is 3. The molecule has 1 aromatic carbocycles. The van der Waals surface area contributed by atoms with Crippen LogP contribution in [0, 0.1) is 0 Å². The highest BCUT2D eigenvalue weighted by atomic mass is 32.2. The number of alkyl halides is 2. The summed E-state index contributed by atoms with van der Waals surface area (Å²) in [4.78, 5) is 23.1. The SMILES string of the molecule is CCCC(NC(=O)c1ccccc1SC(F)F)C(=O)O. The van der Waals surface area contributed by atoms with Crippen LogP contribution in [-0.2, 0) is 4.79 Å². The highest BCUT2D eigenvalue weighted by Gasteiger charge is 2.22. The van der Waals surface area contributed by atoms with E-state index in [-0.39, 0.29) is 28.6 Å². The van der Waals surface area contributed by atoms with Crippen LogP contribution in [0.3, 0.4) is 0 Å². The van der Waals surface area contributed by atoms with Crippen LogP contribution >= 0.6 is 11.8 Å². The number of carbonyl (C=O) groups excluding carboxylic acids is 1. The quantitative estimate of drug-likeness (QED) is 0.760. The third kappa shape index (κ3) is 4.80. The number of halogens is 2. The van der Waals surface area contributed by atoms with Gasteiger partial charge in [-0.25, -0.2) is 4.79 Å². The molecule has 0 heterocycles. The summed E-state index contributed by atoms with van der Waals surface area (Å²) >= 11 is 0.261. The molecule has 0 aliphatic rings. The van der Waals surface area contributed by atoms with E-state index < -0.39 is 23.7 Å². The second-order valence-corrected chi connectivity index (χ2v) is 5.06. The molecule has 1 unspecified atom stereocenters. The van der Waals surface area contributed by atoms with Crippen molar-refractivity contribution >= 4 is 23.6 Å². The lowest BCUT2D eigenvalue weighted by Gasteiger charge is -2.15. The van der Waals surface area contributed by atoms with Gasteiger partial charge in [0, 0.05) is 4.90 Å². The van der Waals surface area contributed by atoms with E-state index in [1.165, 1.54) is 12.1 Å². The Kier molecular flexibility index (Phi) is 6.44. The molecule has 1 atom stereocenters. The molecule has 0 fully saturated rings. The second-order valence-electron chi connectivity index (χ2n) is 4.03. The molecule has 1 amide bonds. The van der Waals surface area contributed by atoms with E-state index in [1.807, 2.05) is 0 Å². The van der Waals surface area contributed by atoms with Crippen molar-refractivity contribution in [2.24, 2.45) is 0 Å². The smallest absolute Gasteiger partial charge is 0.326 e. The zero-order valence-electron chi connectivity index (χ0n) is 10.8. The first-order chi connectivity index (χ1) is 9.45. The van der Waals surface area contributed by atoms with Crippen LogP contribution in [0.2, 0.25) is 0 Å². The van der Waals surface area contributed by atoms with E-state index in [0.717, 1.165) is 0 Å². The van der Waals surface area contributed by atoms with Crippen molar-refractivity contribution in [3.8, 4) is 0 Å². The Hall–Kier alpha value is -1.63. The highest BCUT2D eigenvalue weighted by molar-refractivity contribution is 7.99. The molecule has 0 radical (unpaired) electrons. The molecule has 0 aliphatic heterocycles. The third-order valence-electron chi connectivity index (χ3n) is 2.53. The average molecular weight is 303 g/mol. The van der Waals surface area contributed by atoms with Crippen molar-refractivity contribution in [2.45, 2.75) is 36.5 Å². The number of carboxylic acids is 1. The number of hydrogen-bond donors (Lipinski definition) is 2. The number of thioether (sulfide) groups is 1. The Morgan fingerprint density at radius 3 is 2.55 bits per heavy atom. The number of carboxylic acid groups (broad SMARTS) is 1. The fourth-order valence-corrected chi connectivity index (χ4v) is 2.27. The van der Waals surface area contributed by atoms with Crippen LogP contribution in [0.4, 0.5) is 8.78 Å². The van der Waals surface area contributed by atoms with E-state index >= 15 is 0 Å². The van der Waals surface area contributed by atoms with Crippen molar-refractivity contribution in [3.63, 3.8) is 0 Å². The van der Waals surface area contributed by atoms with Gasteiger partial charge >= 0.3 is 5.97 Å². The zero-order chi connectivity index (χ0) is 15.1. The van der Waals surface area contributed by atoms with E-state index in [1.54, 1.807) is 19.1 Å². The van der Waals surface area contributed by atoms with E-state index in [9.17, 15) is 18.4 Å². The molecular weight excluding hydrogens is 288 g/mol. The number of benzene rings is 1. The van der Waals surface area contributed by atoms with Crippen LogP contribution in [-0.4, -0.2) is 28.8 Å². The average Bonchev–Trinajstić information content (AvgIpc) is 2.37. The molecule has 0 bridgehead atoms. The van der Waals surface area contributed by atoms with Gasteiger partial charge in [-0.15, -0.1) is 0 Å². The first-order valence-electron chi connectivity index (χ1n) is 6.03. The Morgan fingerprint density at radius 1 is 1.35 bits per heavy atom. The summed E-state index contributed by atoms with van der Waals surface area (Å²) in [5, 5.41) is 11.3. The number of aliphatic carboxylic acids is 1. The Balaban J connectivity index is 2.88. The van der Waals surface area contributed by atoms with Crippen molar-refractivity contribution < 1.29 is 23.5 Å². The molecule has 0 spiro atoms. The van der Waals surface area contributed by atoms with Crippen molar-refractivity contribution in [3.05, 3.63) is 29.8 Å². The van der Waals surface area contributed by atoms with Gasteiger partial charge in [0.25, 0.3) is 11.7 Å². The molecule has 1 aromatic rings. The van der Waals surface area contributed by atoms with Gasteiger partial charge in [0.2, 0.25) is 0 Å². The Labute approximate surface area is 119 Å². The monoisotopic (exact) mass is 303 g/mol. The van der Waals surface area contributed by atoms with E-state index in [0.29, 0.717) is 6.42 Å². The first-order valence-corrected chi connectivity index (χ1v) is 6.91. The molecule has 0 aliphatic carbocycles. The van der Waals surface area contributed by atoms with Gasteiger partial charge in [-0.05, 0) is 18.6 Å². The summed E-state index contributed by atoms with van der Waals surface area (Å²) in [6.45, 7) is 1.79. The molecule has 1 rings (SSSR count). The predicted molar refractivity (Wildman–Crippen MR) is 72.1 cm³/mol. The maximum atomic E-state index is 12.4. The van der Waals surface area contributed by atoms with Gasteiger partial charge in [0.05, 0.1) is 5.56 Å². The molecule has 7 heteroatoms. The molecular formula is C13H15F2NO3S. The molecule has 0 aromatic heterocycles. The fraction of sp³-hybridized carbons (Fsp3) is 0.385. The topological polar surface area (TPSA) is 66.4 Å². The third-order valence-corrected chi connectivity index (χ3v) is 3.32. The predicted octanol–water partition coefficient (Wildman–Crippen LogP) is 2.98. The zero-order valence-corrected chi connectivity index (χ0v) is 11.6. The summed E-state index contributed by atoms with van der Waals surface area (Å²) in [6, 6.07) is 4.87. The summed E-state index contributed by atoms with van der Waals surface area (Å²) in [7, 11) is 0. The summed E-state index contributed by atoms with van der Waals surface area (Å²) in [5.74, 6) is -4.44. The van der Waals surface area contributed by atoms with E-state index in [4.69, 9.17) is 5.11 Å². The number of rotatable bonds is 7. The van der Waals surface area contributed by atoms with Crippen LogP contribution in [0.25, 0.3) is 0 Å². The Bertz CT molecular complexity index is 482. The summed E-state index contributed by atoms with van der Waals surface area (Å²) in [6.07, 6.45) is 0.871. The van der Waals surface area contributed by atoms with Crippen molar-refractivity contribution in [1.29, 1.82) is 0 Å². The van der Waals surface area contributed by atoms with Crippen LogP contribution in [0.5, 0.6) is 0 Å². The minimum Gasteiger partial charge on any atom is -0.480 e. The maximum Gasteiger partial charge on any atom is 0.326 e. The van der Waals surface area contributed by atoms with Crippen LogP contribution in [0.15, 0.2) is 29.2 Å². The highest BCUT2D eigenvalue weighted by Crippen LogP contribution is 2.28. The van der Waals surface area contributed by atoms with Gasteiger partial charge in [-0.1, -0.05) is 37.2 Å². The van der Waals surface area contributed by atoms with Gasteiger partial charge in [0.15, 0.2) is 0 Å². The van der Waals surface area contributed by atoms with Gasteiger partial charge in [0.1, 0.15) is 6.04 Å². The number of nitrogens with one attached hydrogen (secondary N) is 1. The van der Waals surface area contributed by atoms with Crippen molar-refractivity contribution in [1.82, 2.24) is 5.32 Å². The van der Waals surface area contributed by atoms with Gasteiger partial charge < -0.3 is 10.4 Å². The minimum absolute atomic E-state index is 0.0557. The Morgan fingerprint density at radius 2 is 2.00 bits per heavy atom. The lowest BCUT2D eigenvalue weighted by molar-refractivity contribution is -0.139. The summed E-state index contributed by atoms with van der Waals surface area (Å²) in [5.41, 5.74) is 0.0557. The molecule has 2 N–H and O–H groups in total. The number of carbonyl (C=O) groups is 2. The van der Waals surface area contributed by atoms with Crippen molar-refractivity contribution in [2.75, 3.05) is 0 Å². The molecule has 0 saturated heterocycles. The van der Waals surface area contributed by atoms with Crippen LogP contribution < -0.4 is 5.32 Å². The molecule has 4 nitrogen and oxygen atoms in total. The standard InChI is InChI=1S/C13H15F2NO3S/c1-2-5-9(12(18)19)16-11(17)8-6-3-4-7-10(8)20-13(14)15/h3-4,6-7,9,13H,2,5H2,1H3,(H,16,17)(H,18,19). The van der Waals surface area contributed by atoms with Gasteiger partial charge in [-0.2, -0.15) is 8.78 Å². The van der Waals surface area contributed by atoms with E-state index in [2.05, 4.69) is 5.32 Å². The molecule has 20 heavy (non-hydrogen) atoms. The molecule has 0 saturated carbocycles. The largest absolute Gasteiger partial charge is 0.480 e. The first kappa shape index (κ1) is 16.4. The van der Waals surface area contributed by atoms with Gasteiger partial charge in [-0.3, -0.25) is 4.79 Å². The maximum absolute atomic E-state index is 12.4. The minimum atomic E-state index is -2.64. The summed E-state index contributed by atoms with van der Waals surface area (Å²) < 4.78 is 24.8.